The van der Waals surface area contributed by atoms with E-state index in [1.165, 1.54) is 94.4 Å². The Bertz CT molecular complexity index is 896. The minimum atomic E-state index is 0.438. The first kappa shape index (κ1) is 23.8. The lowest BCUT2D eigenvalue weighted by atomic mass is 9.85. The van der Waals surface area contributed by atoms with Gasteiger partial charge in [-0.1, -0.05) is 44.2 Å². The van der Waals surface area contributed by atoms with E-state index < -0.39 is 0 Å². The van der Waals surface area contributed by atoms with Crippen LogP contribution in [-0.2, 0) is 6.42 Å². The first-order valence-electron chi connectivity index (χ1n) is 14.0. The number of allylic oxidation sites excluding steroid dienone is 2. The van der Waals surface area contributed by atoms with Crippen LogP contribution in [0.3, 0.4) is 0 Å². The fourth-order valence-electron chi connectivity index (χ4n) is 6.22. The van der Waals surface area contributed by atoms with Crippen LogP contribution < -0.4 is 0 Å². The molecule has 4 aliphatic rings. The summed E-state index contributed by atoms with van der Waals surface area (Å²) < 4.78 is 0. The molecule has 2 fully saturated rings. The van der Waals surface area contributed by atoms with Gasteiger partial charge in [-0.15, -0.1) is 0 Å². The average molecular weight is 461 g/mol. The molecule has 0 saturated carbocycles. The van der Waals surface area contributed by atoms with E-state index in [2.05, 4.69) is 59.0 Å². The molecule has 184 valence electrons. The second-order valence-electron chi connectivity index (χ2n) is 11.4. The van der Waals surface area contributed by atoms with Crippen molar-refractivity contribution in [2.24, 2.45) is 27.7 Å². The van der Waals surface area contributed by atoms with Crippen LogP contribution in [0.4, 0.5) is 0 Å². The van der Waals surface area contributed by atoms with Gasteiger partial charge in [0, 0.05) is 25.6 Å². The van der Waals surface area contributed by atoms with Crippen molar-refractivity contribution in [3.8, 4) is 0 Å². The van der Waals surface area contributed by atoms with Gasteiger partial charge in [0.25, 0.3) is 0 Å². The summed E-state index contributed by atoms with van der Waals surface area (Å²) in [6.07, 6.45) is 14.3. The van der Waals surface area contributed by atoms with E-state index >= 15 is 0 Å². The third-order valence-corrected chi connectivity index (χ3v) is 8.52. The highest BCUT2D eigenvalue weighted by atomic mass is 15.2. The molecule has 1 aliphatic carbocycles. The molecule has 34 heavy (non-hydrogen) atoms. The maximum atomic E-state index is 4.79. The normalized spacial score (nSPS) is 24.5. The lowest BCUT2D eigenvalue weighted by Gasteiger charge is -2.33. The van der Waals surface area contributed by atoms with Crippen molar-refractivity contribution in [3.63, 3.8) is 0 Å². The topological polar surface area (TPSA) is 31.2 Å². The van der Waals surface area contributed by atoms with Gasteiger partial charge in [0.1, 0.15) is 11.7 Å². The van der Waals surface area contributed by atoms with E-state index in [4.69, 9.17) is 4.99 Å². The predicted molar refractivity (Wildman–Crippen MR) is 145 cm³/mol. The second kappa shape index (κ2) is 11.2. The van der Waals surface area contributed by atoms with E-state index in [1.54, 1.807) is 5.57 Å². The molecule has 4 nitrogen and oxygen atoms in total. The van der Waals surface area contributed by atoms with Crippen molar-refractivity contribution >= 4 is 17.2 Å². The van der Waals surface area contributed by atoms with Gasteiger partial charge in [-0.2, -0.15) is 0 Å². The van der Waals surface area contributed by atoms with Crippen LogP contribution in [0.2, 0.25) is 0 Å². The minimum absolute atomic E-state index is 0.438. The Hall–Kier alpha value is -1.94. The SMILES string of the molecule is CC(C)C1=NCC(N2CCC(CCc3ccc(C4=CCC(CN5CCCC5)CC4)cc3)CC2)=N1. The highest BCUT2D eigenvalue weighted by Crippen LogP contribution is 2.32. The molecule has 3 aliphatic heterocycles. The number of hydrogen-bond acceptors (Lipinski definition) is 4. The molecule has 5 rings (SSSR count). The molecule has 0 amide bonds. The van der Waals surface area contributed by atoms with Crippen LogP contribution in [0.25, 0.3) is 5.57 Å². The van der Waals surface area contributed by atoms with E-state index in [-0.39, 0.29) is 0 Å². The molecular weight excluding hydrogens is 416 g/mol. The standard InChI is InChI=1S/C30H44N4/c1-23(2)30-31-21-29(32-30)34-19-15-25(16-20-34)6-5-24-7-11-27(12-8-24)28-13-9-26(10-14-28)22-33-17-3-4-18-33/h7-8,11-13,23,25-26H,3-6,9-10,14-22H2,1-2H3. The Morgan fingerprint density at radius 3 is 2.35 bits per heavy atom. The zero-order valence-electron chi connectivity index (χ0n) is 21.5. The van der Waals surface area contributed by atoms with E-state index in [9.17, 15) is 0 Å². The van der Waals surface area contributed by atoms with E-state index in [0.717, 1.165) is 37.3 Å². The molecule has 1 aromatic rings. The number of likely N-dealkylation sites (tertiary alicyclic amines) is 2. The summed E-state index contributed by atoms with van der Waals surface area (Å²) in [4.78, 5) is 14.6. The molecule has 4 heteroatoms. The van der Waals surface area contributed by atoms with Crippen molar-refractivity contribution in [1.29, 1.82) is 0 Å². The van der Waals surface area contributed by atoms with E-state index in [1.807, 2.05) is 0 Å². The number of piperidine rings is 1. The number of aryl methyl sites for hydroxylation is 1. The zero-order valence-corrected chi connectivity index (χ0v) is 21.5. The van der Waals surface area contributed by atoms with Gasteiger partial charge in [0.2, 0.25) is 0 Å². The molecular formula is C30H44N4. The predicted octanol–water partition coefficient (Wildman–Crippen LogP) is 6.08. The quantitative estimate of drug-likeness (QED) is 0.494. The number of rotatable bonds is 7. The van der Waals surface area contributed by atoms with Gasteiger partial charge in [0.05, 0.1) is 6.54 Å². The molecule has 0 N–H and O–H groups in total. The highest BCUT2D eigenvalue weighted by Gasteiger charge is 2.24. The lowest BCUT2D eigenvalue weighted by molar-refractivity contribution is 0.255. The summed E-state index contributed by atoms with van der Waals surface area (Å²) >= 11 is 0. The van der Waals surface area contributed by atoms with E-state index in [0.29, 0.717) is 5.92 Å². The van der Waals surface area contributed by atoms with Crippen LogP contribution in [0.5, 0.6) is 0 Å². The van der Waals surface area contributed by atoms with Crippen LogP contribution in [-0.4, -0.2) is 60.7 Å². The van der Waals surface area contributed by atoms with Gasteiger partial charge >= 0.3 is 0 Å². The van der Waals surface area contributed by atoms with Crippen LogP contribution in [0.15, 0.2) is 40.3 Å². The Balaban J connectivity index is 1.04. The summed E-state index contributed by atoms with van der Waals surface area (Å²) in [5.41, 5.74) is 4.54. The fourth-order valence-corrected chi connectivity index (χ4v) is 6.22. The smallest absolute Gasteiger partial charge is 0.128 e. The summed E-state index contributed by atoms with van der Waals surface area (Å²) in [6, 6.07) is 9.55. The monoisotopic (exact) mass is 460 g/mol. The number of aliphatic imine (C=N–C) groups is 2. The molecule has 1 aromatic carbocycles. The summed E-state index contributed by atoms with van der Waals surface area (Å²) in [5.74, 6) is 4.39. The van der Waals surface area contributed by atoms with Gasteiger partial charge in [-0.3, -0.25) is 4.99 Å². The maximum absolute atomic E-state index is 4.79. The van der Waals surface area contributed by atoms with Crippen LogP contribution in [0, 0.1) is 17.8 Å². The molecule has 0 aromatic heterocycles. The number of nitrogens with zero attached hydrogens (tertiary/aromatic N) is 4. The summed E-state index contributed by atoms with van der Waals surface area (Å²) in [7, 11) is 0. The van der Waals surface area contributed by atoms with Gasteiger partial charge < -0.3 is 9.80 Å². The molecule has 2 saturated heterocycles. The molecule has 0 bridgehead atoms. The van der Waals surface area contributed by atoms with Crippen LogP contribution >= 0.6 is 0 Å². The summed E-state index contributed by atoms with van der Waals surface area (Å²) in [6.45, 7) is 11.4. The van der Waals surface area contributed by atoms with Crippen molar-refractivity contribution in [2.45, 2.75) is 71.6 Å². The van der Waals surface area contributed by atoms with Gasteiger partial charge in [-0.05, 0) is 99.4 Å². The Labute approximate surface area is 207 Å². The molecule has 1 unspecified atom stereocenters. The Kier molecular flexibility index (Phi) is 7.83. The third-order valence-electron chi connectivity index (χ3n) is 8.52. The lowest BCUT2D eigenvalue weighted by Crippen LogP contribution is -2.39. The van der Waals surface area contributed by atoms with Crippen LogP contribution in [0.1, 0.15) is 76.3 Å². The highest BCUT2D eigenvalue weighted by molar-refractivity contribution is 6.03. The average Bonchev–Trinajstić information content (AvgIpc) is 3.57. The zero-order chi connectivity index (χ0) is 23.3. The molecule has 1 atom stereocenters. The van der Waals surface area contributed by atoms with Gasteiger partial charge in [-0.25, -0.2) is 4.99 Å². The first-order chi connectivity index (χ1) is 16.6. The number of amidine groups is 2. The molecule has 0 spiro atoms. The Morgan fingerprint density at radius 1 is 0.941 bits per heavy atom. The number of benzene rings is 1. The van der Waals surface area contributed by atoms with Gasteiger partial charge in [0.15, 0.2) is 0 Å². The second-order valence-corrected chi connectivity index (χ2v) is 11.4. The number of hydrogen-bond donors (Lipinski definition) is 0. The van der Waals surface area contributed by atoms with Crippen molar-refractivity contribution in [2.75, 3.05) is 39.3 Å². The Morgan fingerprint density at radius 2 is 1.71 bits per heavy atom. The largest absolute Gasteiger partial charge is 0.358 e. The maximum Gasteiger partial charge on any atom is 0.128 e. The van der Waals surface area contributed by atoms with Crippen molar-refractivity contribution in [1.82, 2.24) is 9.80 Å². The molecule has 0 radical (unpaired) electrons. The minimum Gasteiger partial charge on any atom is -0.358 e. The first-order valence-corrected chi connectivity index (χ1v) is 14.0. The fraction of sp³-hybridized carbons (Fsp3) is 0.667. The molecule has 3 heterocycles. The summed E-state index contributed by atoms with van der Waals surface area (Å²) in [5, 5.41) is 0. The van der Waals surface area contributed by atoms with Crippen molar-refractivity contribution < 1.29 is 0 Å². The third kappa shape index (κ3) is 6.00. The van der Waals surface area contributed by atoms with Crippen molar-refractivity contribution in [3.05, 3.63) is 41.5 Å².